The molecule has 96 valence electrons. The Morgan fingerprint density at radius 1 is 1.21 bits per heavy atom. The van der Waals surface area contributed by atoms with Gasteiger partial charge < -0.3 is 9.84 Å². The molecule has 0 saturated heterocycles. The maximum absolute atomic E-state index is 11.3. The monoisotopic (exact) mass is 274 g/mol. The van der Waals surface area contributed by atoms with E-state index < -0.39 is 5.97 Å². The lowest BCUT2D eigenvalue weighted by molar-refractivity contribution is 0.0693. The molecule has 1 aliphatic heterocycles. The summed E-state index contributed by atoms with van der Waals surface area (Å²) in [6, 6.07) is 11.0. The van der Waals surface area contributed by atoms with Gasteiger partial charge in [0.2, 0.25) is 0 Å². The SMILES string of the molecule is O=C(O)c1cc(-c2cccc(Cl)c2)cc2c1OCC2. The van der Waals surface area contributed by atoms with Gasteiger partial charge in [-0.1, -0.05) is 23.7 Å². The van der Waals surface area contributed by atoms with Crippen LogP contribution in [-0.4, -0.2) is 17.7 Å². The predicted molar refractivity (Wildman–Crippen MR) is 73.0 cm³/mol. The van der Waals surface area contributed by atoms with Crippen LogP contribution in [-0.2, 0) is 6.42 Å². The lowest BCUT2D eigenvalue weighted by Gasteiger charge is -2.08. The summed E-state index contributed by atoms with van der Waals surface area (Å²) in [5.74, 6) is -0.472. The Morgan fingerprint density at radius 3 is 2.79 bits per heavy atom. The molecular formula is C15H11ClO3. The average molecular weight is 275 g/mol. The molecule has 0 atom stereocenters. The molecule has 2 aromatic rings. The van der Waals surface area contributed by atoms with Gasteiger partial charge in [0.05, 0.1) is 6.61 Å². The van der Waals surface area contributed by atoms with Gasteiger partial charge in [-0.3, -0.25) is 0 Å². The number of rotatable bonds is 2. The smallest absolute Gasteiger partial charge is 0.339 e. The van der Waals surface area contributed by atoms with Gasteiger partial charge in [-0.25, -0.2) is 4.79 Å². The zero-order valence-corrected chi connectivity index (χ0v) is 10.8. The summed E-state index contributed by atoms with van der Waals surface area (Å²) < 4.78 is 5.40. The Morgan fingerprint density at radius 2 is 2.05 bits per heavy atom. The normalized spacial score (nSPS) is 12.9. The first kappa shape index (κ1) is 12.1. The van der Waals surface area contributed by atoms with Gasteiger partial charge >= 0.3 is 5.97 Å². The predicted octanol–water partition coefficient (Wildman–Crippen LogP) is 3.64. The number of carbonyl (C=O) groups is 1. The molecule has 0 aromatic heterocycles. The van der Waals surface area contributed by atoms with Crippen LogP contribution in [0.1, 0.15) is 15.9 Å². The maximum Gasteiger partial charge on any atom is 0.339 e. The van der Waals surface area contributed by atoms with Gasteiger partial charge in [-0.2, -0.15) is 0 Å². The van der Waals surface area contributed by atoms with Crippen LogP contribution < -0.4 is 4.74 Å². The van der Waals surface area contributed by atoms with Crippen LogP contribution in [0, 0.1) is 0 Å². The van der Waals surface area contributed by atoms with E-state index in [0.717, 1.165) is 23.1 Å². The van der Waals surface area contributed by atoms with Crippen molar-refractivity contribution >= 4 is 17.6 Å². The number of benzene rings is 2. The topological polar surface area (TPSA) is 46.5 Å². The van der Waals surface area contributed by atoms with E-state index in [1.165, 1.54) is 0 Å². The zero-order valence-electron chi connectivity index (χ0n) is 10.0. The summed E-state index contributed by atoms with van der Waals surface area (Å²) in [7, 11) is 0. The number of hydrogen-bond acceptors (Lipinski definition) is 2. The quantitative estimate of drug-likeness (QED) is 0.909. The second-order valence-corrected chi connectivity index (χ2v) is 4.86. The van der Waals surface area contributed by atoms with E-state index in [1.54, 1.807) is 12.1 Å². The molecule has 0 bridgehead atoms. The van der Waals surface area contributed by atoms with Crippen LogP contribution in [0.2, 0.25) is 5.02 Å². The summed E-state index contributed by atoms with van der Waals surface area (Å²) in [6.07, 6.45) is 0.740. The fourth-order valence-electron chi connectivity index (χ4n) is 2.30. The fourth-order valence-corrected chi connectivity index (χ4v) is 2.49. The van der Waals surface area contributed by atoms with Crippen molar-refractivity contribution in [3.63, 3.8) is 0 Å². The number of fused-ring (bicyclic) bond motifs is 1. The molecule has 0 fully saturated rings. The number of aromatic carboxylic acids is 1. The molecule has 3 nitrogen and oxygen atoms in total. The molecule has 1 aliphatic rings. The summed E-state index contributed by atoms with van der Waals surface area (Å²) in [5, 5.41) is 9.90. The van der Waals surface area contributed by atoms with Crippen molar-refractivity contribution in [1.29, 1.82) is 0 Å². The lowest BCUT2D eigenvalue weighted by atomic mass is 9.98. The van der Waals surface area contributed by atoms with Gasteiger partial charge in [0.25, 0.3) is 0 Å². The van der Waals surface area contributed by atoms with E-state index in [9.17, 15) is 9.90 Å². The Labute approximate surface area is 115 Å². The molecular weight excluding hydrogens is 264 g/mol. The van der Waals surface area contributed by atoms with Crippen LogP contribution in [0.25, 0.3) is 11.1 Å². The first-order valence-electron chi connectivity index (χ1n) is 5.94. The maximum atomic E-state index is 11.3. The zero-order chi connectivity index (χ0) is 13.4. The highest BCUT2D eigenvalue weighted by Crippen LogP contribution is 2.35. The van der Waals surface area contributed by atoms with Gasteiger partial charge in [-0.15, -0.1) is 0 Å². The third-order valence-electron chi connectivity index (χ3n) is 3.17. The molecule has 2 aromatic carbocycles. The molecule has 1 heterocycles. The van der Waals surface area contributed by atoms with Crippen LogP contribution in [0.5, 0.6) is 5.75 Å². The first-order valence-corrected chi connectivity index (χ1v) is 6.32. The minimum atomic E-state index is -0.970. The third-order valence-corrected chi connectivity index (χ3v) is 3.41. The van der Waals surface area contributed by atoms with Gasteiger partial charge in [0, 0.05) is 11.4 Å². The molecule has 0 amide bonds. The summed E-state index contributed by atoms with van der Waals surface area (Å²) in [4.78, 5) is 11.3. The Kier molecular flexibility index (Phi) is 2.91. The number of carboxylic acids is 1. The summed E-state index contributed by atoms with van der Waals surface area (Å²) in [6.45, 7) is 0.536. The summed E-state index contributed by atoms with van der Waals surface area (Å²) >= 11 is 5.97. The van der Waals surface area contributed by atoms with Crippen molar-refractivity contribution in [3.05, 3.63) is 52.5 Å². The number of ether oxygens (including phenoxy) is 1. The molecule has 0 spiro atoms. The summed E-state index contributed by atoms with van der Waals surface area (Å²) in [5.41, 5.74) is 2.91. The Bertz CT molecular complexity index is 664. The van der Waals surface area contributed by atoms with Crippen molar-refractivity contribution in [2.24, 2.45) is 0 Å². The van der Waals surface area contributed by atoms with Crippen molar-refractivity contribution < 1.29 is 14.6 Å². The molecule has 0 saturated carbocycles. The largest absolute Gasteiger partial charge is 0.492 e. The first-order chi connectivity index (χ1) is 9.15. The van der Waals surface area contributed by atoms with Crippen molar-refractivity contribution in [2.75, 3.05) is 6.61 Å². The van der Waals surface area contributed by atoms with E-state index in [0.29, 0.717) is 17.4 Å². The van der Waals surface area contributed by atoms with E-state index in [2.05, 4.69) is 0 Å². The standard InChI is InChI=1S/C15H11ClO3/c16-12-3-1-2-9(7-12)11-6-10-4-5-19-14(10)13(8-11)15(17)18/h1-3,6-8H,4-5H2,(H,17,18). The molecule has 19 heavy (non-hydrogen) atoms. The van der Waals surface area contributed by atoms with Gasteiger partial charge in [-0.05, 0) is 41.0 Å². The fraction of sp³-hybridized carbons (Fsp3) is 0.133. The number of carboxylic acid groups (broad SMARTS) is 1. The minimum Gasteiger partial charge on any atom is -0.492 e. The van der Waals surface area contributed by atoms with E-state index >= 15 is 0 Å². The number of hydrogen-bond donors (Lipinski definition) is 1. The highest BCUT2D eigenvalue weighted by Gasteiger charge is 2.22. The highest BCUT2D eigenvalue weighted by molar-refractivity contribution is 6.30. The van der Waals surface area contributed by atoms with Crippen LogP contribution in [0.15, 0.2) is 36.4 Å². The van der Waals surface area contributed by atoms with Crippen molar-refractivity contribution in [3.8, 4) is 16.9 Å². The van der Waals surface area contributed by atoms with Gasteiger partial charge in [0.1, 0.15) is 11.3 Å². The Hall–Kier alpha value is -2.00. The number of halogens is 1. The van der Waals surface area contributed by atoms with E-state index in [1.807, 2.05) is 24.3 Å². The lowest BCUT2D eigenvalue weighted by Crippen LogP contribution is -2.00. The van der Waals surface area contributed by atoms with E-state index in [4.69, 9.17) is 16.3 Å². The van der Waals surface area contributed by atoms with E-state index in [-0.39, 0.29) is 5.56 Å². The molecule has 0 radical (unpaired) electrons. The molecule has 3 rings (SSSR count). The van der Waals surface area contributed by atoms with Crippen LogP contribution >= 0.6 is 11.6 Å². The average Bonchev–Trinajstić information content (AvgIpc) is 2.85. The van der Waals surface area contributed by atoms with Crippen LogP contribution in [0.4, 0.5) is 0 Å². The van der Waals surface area contributed by atoms with Crippen molar-refractivity contribution in [2.45, 2.75) is 6.42 Å². The molecule has 4 heteroatoms. The molecule has 1 N–H and O–H groups in total. The second kappa shape index (κ2) is 4.59. The second-order valence-electron chi connectivity index (χ2n) is 4.43. The molecule has 0 unspecified atom stereocenters. The highest BCUT2D eigenvalue weighted by atomic mass is 35.5. The Balaban J connectivity index is 2.18. The van der Waals surface area contributed by atoms with Gasteiger partial charge in [0.15, 0.2) is 0 Å². The van der Waals surface area contributed by atoms with Crippen molar-refractivity contribution in [1.82, 2.24) is 0 Å². The molecule has 0 aliphatic carbocycles. The third kappa shape index (κ3) is 2.17. The van der Waals surface area contributed by atoms with Crippen LogP contribution in [0.3, 0.4) is 0 Å². The minimum absolute atomic E-state index is 0.213.